The minimum absolute atomic E-state index is 0.0426. The predicted octanol–water partition coefficient (Wildman–Crippen LogP) is 3.11. The van der Waals surface area contributed by atoms with Gasteiger partial charge in [-0.15, -0.1) is 0 Å². The fourth-order valence-electron chi connectivity index (χ4n) is 4.74. The zero-order chi connectivity index (χ0) is 21.8. The van der Waals surface area contributed by atoms with Crippen LogP contribution in [0.5, 0.6) is 0 Å². The molecule has 2 amide bonds. The molecule has 1 N–H and O–H groups in total. The number of rotatable bonds is 5. The number of carbonyl (C=O) groups excluding carboxylic acids is 2. The van der Waals surface area contributed by atoms with Crippen LogP contribution in [-0.4, -0.2) is 50.8 Å². The van der Waals surface area contributed by atoms with Crippen molar-refractivity contribution >= 4 is 11.8 Å². The van der Waals surface area contributed by atoms with E-state index in [-0.39, 0.29) is 17.7 Å². The van der Waals surface area contributed by atoms with E-state index in [2.05, 4.69) is 10.3 Å². The Kier molecular flexibility index (Phi) is 6.59. The van der Waals surface area contributed by atoms with Crippen LogP contribution in [0.2, 0.25) is 0 Å². The van der Waals surface area contributed by atoms with Gasteiger partial charge >= 0.3 is 0 Å². The molecule has 0 bridgehead atoms. The summed E-state index contributed by atoms with van der Waals surface area (Å²) in [6.45, 7) is 5.23. The first kappa shape index (κ1) is 21.4. The molecule has 2 fully saturated rings. The summed E-state index contributed by atoms with van der Waals surface area (Å²) in [5.41, 5.74) is 3.10. The lowest BCUT2D eigenvalue weighted by molar-refractivity contribution is -0.121. The number of aromatic nitrogens is 3. The van der Waals surface area contributed by atoms with Crippen molar-refractivity contribution in [2.24, 2.45) is 0 Å². The molecule has 1 saturated carbocycles. The predicted molar refractivity (Wildman–Crippen MR) is 118 cm³/mol. The molecule has 3 heterocycles. The van der Waals surface area contributed by atoms with Crippen molar-refractivity contribution in [1.29, 1.82) is 0 Å². The molecule has 1 saturated heterocycles. The summed E-state index contributed by atoms with van der Waals surface area (Å²) in [7, 11) is 0. The fraction of sp³-hybridized carbons (Fsp3) is 0.542. The molecule has 2 aromatic rings. The average molecular weight is 422 g/mol. The minimum Gasteiger partial charge on any atom is -0.353 e. The first-order valence-corrected chi connectivity index (χ1v) is 11.3. The van der Waals surface area contributed by atoms with Crippen LogP contribution in [0.25, 0.3) is 0 Å². The van der Waals surface area contributed by atoms with Crippen molar-refractivity contribution in [2.45, 2.75) is 70.8 Å². The minimum atomic E-state index is -0.0426. The topological polar surface area (TPSA) is 88.1 Å². The number of pyridine rings is 1. The molecule has 1 atom stereocenters. The molecule has 2 aliphatic rings. The van der Waals surface area contributed by atoms with Crippen LogP contribution in [-0.2, 0) is 11.2 Å². The van der Waals surface area contributed by atoms with Crippen molar-refractivity contribution in [3.63, 3.8) is 0 Å². The van der Waals surface area contributed by atoms with E-state index >= 15 is 0 Å². The molecule has 0 spiro atoms. The zero-order valence-electron chi connectivity index (χ0n) is 18.4. The lowest BCUT2D eigenvalue weighted by Crippen LogP contribution is -2.40. The van der Waals surface area contributed by atoms with Crippen LogP contribution >= 0.6 is 0 Å². The largest absolute Gasteiger partial charge is 0.353 e. The van der Waals surface area contributed by atoms with Gasteiger partial charge in [0.15, 0.2) is 0 Å². The summed E-state index contributed by atoms with van der Waals surface area (Å²) >= 11 is 0. The molecule has 7 heteroatoms. The van der Waals surface area contributed by atoms with E-state index in [0.717, 1.165) is 55.0 Å². The van der Waals surface area contributed by atoms with Gasteiger partial charge in [-0.2, -0.15) is 0 Å². The van der Waals surface area contributed by atoms with E-state index in [1.165, 1.54) is 12.8 Å². The van der Waals surface area contributed by atoms with Gasteiger partial charge in [0.1, 0.15) is 11.5 Å². The number of nitrogens with zero attached hydrogens (tertiary/aromatic N) is 4. The van der Waals surface area contributed by atoms with E-state index < -0.39 is 0 Å². The van der Waals surface area contributed by atoms with Gasteiger partial charge < -0.3 is 10.2 Å². The third kappa shape index (κ3) is 5.09. The van der Waals surface area contributed by atoms with E-state index in [1.54, 1.807) is 12.3 Å². The van der Waals surface area contributed by atoms with Crippen LogP contribution in [0.1, 0.15) is 77.7 Å². The second-order valence-electron chi connectivity index (χ2n) is 8.76. The highest BCUT2D eigenvalue weighted by atomic mass is 16.2. The lowest BCUT2D eigenvalue weighted by atomic mass is 9.96. The highest BCUT2D eigenvalue weighted by Crippen LogP contribution is 2.27. The number of piperidine rings is 1. The second-order valence-corrected chi connectivity index (χ2v) is 8.76. The standard InChI is InChI=1S/C24H31N5O2/c1-16-20(14-22(30)28-19-9-3-4-10-19)17(2)27-23(26-16)18-8-7-13-29(15-18)24(31)21-11-5-6-12-25-21/h5-6,11-12,18-19H,3-4,7-10,13-15H2,1-2H3,(H,28,30). The second kappa shape index (κ2) is 9.54. The van der Waals surface area contributed by atoms with Crippen LogP contribution < -0.4 is 5.32 Å². The number of amides is 2. The van der Waals surface area contributed by atoms with E-state index in [0.29, 0.717) is 24.7 Å². The molecule has 1 aliphatic carbocycles. The number of likely N-dealkylation sites (tertiary alicyclic amines) is 1. The van der Waals surface area contributed by atoms with E-state index in [4.69, 9.17) is 9.97 Å². The van der Waals surface area contributed by atoms with Crippen molar-refractivity contribution in [1.82, 2.24) is 25.2 Å². The zero-order valence-corrected chi connectivity index (χ0v) is 18.4. The number of hydrogen-bond acceptors (Lipinski definition) is 5. The third-order valence-electron chi connectivity index (χ3n) is 6.45. The highest BCUT2D eigenvalue weighted by molar-refractivity contribution is 5.92. The molecule has 1 unspecified atom stereocenters. The summed E-state index contributed by atoms with van der Waals surface area (Å²) in [6.07, 6.45) is 8.38. The Bertz CT molecular complexity index is 917. The number of nitrogens with one attached hydrogen (secondary N) is 1. The monoisotopic (exact) mass is 421 g/mol. The molecule has 4 rings (SSSR count). The van der Waals surface area contributed by atoms with Gasteiger partial charge in [0.05, 0.1) is 6.42 Å². The number of aryl methyl sites for hydroxylation is 2. The van der Waals surface area contributed by atoms with Gasteiger partial charge in [-0.1, -0.05) is 18.9 Å². The Morgan fingerprint density at radius 2 is 1.81 bits per heavy atom. The first-order valence-electron chi connectivity index (χ1n) is 11.3. The maximum atomic E-state index is 12.8. The van der Waals surface area contributed by atoms with Crippen molar-refractivity contribution in [3.8, 4) is 0 Å². The van der Waals surface area contributed by atoms with Gasteiger partial charge in [0.2, 0.25) is 5.91 Å². The number of hydrogen-bond donors (Lipinski definition) is 1. The van der Waals surface area contributed by atoms with Gasteiger partial charge in [-0.05, 0) is 51.7 Å². The Balaban J connectivity index is 1.44. The van der Waals surface area contributed by atoms with Crippen molar-refractivity contribution in [3.05, 3.63) is 52.9 Å². The first-order chi connectivity index (χ1) is 15.0. The Morgan fingerprint density at radius 3 is 2.48 bits per heavy atom. The third-order valence-corrected chi connectivity index (χ3v) is 6.45. The van der Waals surface area contributed by atoms with Gasteiger partial charge in [0, 0.05) is 48.2 Å². The molecule has 0 radical (unpaired) electrons. The quantitative estimate of drug-likeness (QED) is 0.801. The van der Waals surface area contributed by atoms with Gasteiger partial charge in [0.25, 0.3) is 5.91 Å². The van der Waals surface area contributed by atoms with Crippen LogP contribution in [0.4, 0.5) is 0 Å². The molecule has 31 heavy (non-hydrogen) atoms. The van der Waals surface area contributed by atoms with Gasteiger partial charge in [-0.3, -0.25) is 14.6 Å². The highest BCUT2D eigenvalue weighted by Gasteiger charge is 2.28. The summed E-state index contributed by atoms with van der Waals surface area (Å²) in [5, 5.41) is 3.15. The normalized spacial score (nSPS) is 19.4. The Labute approximate surface area is 183 Å². The van der Waals surface area contributed by atoms with Crippen molar-refractivity contribution < 1.29 is 9.59 Å². The summed E-state index contributed by atoms with van der Waals surface area (Å²) in [4.78, 5) is 40.9. The van der Waals surface area contributed by atoms with Crippen LogP contribution in [0.15, 0.2) is 24.4 Å². The van der Waals surface area contributed by atoms with E-state index in [9.17, 15) is 9.59 Å². The summed E-state index contributed by atoms with van der Waals surface area (Å²) in [5.74, 6) is 0.881. The molecule has 164 valence electrons. The van der Waals surface area contributed by atoms with Crippen molar-refractivity contribution in [2.75, 3.05) is 13.1 Å². The lowest BCUT2D eigenvalue weighted by Gasteiger charge is -2.32. The fourth-order valence-corrected chi connectivity index (χ4v) is 4.74. The van der Waals surface area contributed by atoms with E-state index in [1.807, 2.05) is 30.9 Å². The summed E-state index contributed by atoms with van der Waals surface area (Å²) in [6, 6.07) is 5.71. The molecule has 0 aromatic carbocycles. The summed E-state index contributed by atoms with van der Waals surface area (Å²) < 4.78 is 0. The van der Waals surface area contributed by atoms with Crippen LogP contribution in [0, 0.1) is 13.8 Å². The average Bonchev–Trinajstić information content (AvgIpc) is 3.29. The molecule has 7 nitrogen and oxygen atoms in total. The molecular weight excluding hydrogens is 390 g/mol. The molecular formula is C24H31N5O2. The SMILES string of the molecule is Cc1nc(C2CCCN(C(=O)c3ccccn3)C2)nc(C)c1CC(=O)NC1CCCC1. The van der Waals surface area contributed by atoms with Gasteiger partial charge in [-0.25, -0.2) is 9.97 Å². The maximum absolute atomic E-state index is 12.8. The smallest absolute Gasteiger partial charge is 0.272 e. The molecule has 2 aromatic heterocycles. The Morgan fingerprint density at radius 1 is 1.06 bits per heavy atom. The molecule has 1 aliphatic heterocycles. The maximum Gasteiger partial charge on any atom is 0.272 e. The van der Waals surface area contributed by atoms with Crippen LogP contribution in [0.3, 0.4) is 0 Å². The Hall–Kier alpha value is -2.83. The number of carbonyl (C=O) groups is 2.